The van der Waals surface area contributed by atoms with Gasteiger partial charge in [0, 0.05) is 27.3 Å². The number of thioether (sulfide) groups is 1. The van der Waals surface area contributed by atoms with Crippen LogP contribution in [-0.4, -0.2) is 30.0 Å². The fourth-order valence-corrected chi connectivity index (χ4v) is 4.48. The minimum absolute atomic E-state index is 0.0457. The Labute approximate surface area is 236 Å². The molecule has 0 bridgehead atoms. The minimum Gasteiger partial charge on any atom is -0.493 e. The van der Waals surface area contributed by atoms with Gasteiger partial charge >= 0.3 is 0 Å². The Hall–Kier alpha value is -4.69. The van der Waals surface area contributed by atoms with E-state index >= 15 is 0 Å². The van der Waals surface area contributed by atoms with E-state index in [1.165, 1.54) is 36.0 Å². The fourth-order valence-electron chi connectivity index (χ4n) is 3.69. The summed E-state index contributed by atoms with van der Waals surface area (Å²) in [4.78, 5) is 39.4. The SMILES string of the molecule is CCOc1ccccc1/C=C(\NC(=O)c1ccccc1)C(=O)Nc1ccc(SCC(=O)c2ccc(F)cc2)cc1. The van der Waals surface area contributed by atoms with Crippen LogP contribution in [0.2, 0.25) is 0 Å². The van der Waals surface area contributed by atoms with Gasteiger partial charge in [0.15, 0.2) is 5.78 Å². The molecule has 2 amide bonds. The molecule has 4 rings (SSSR count). The number of Topliss-reactive ketones (excluding diaryl/α,β-unsaturated/α-hetero) is 1. The second-order valence-electron chi connectivity index (χ2n) is 8.55. The van der Waals surface area contributed by atoms with Gasteiger partial charge in [-0.1, -0.05) is 36.4 Å². The minimum atomic E-state index is -0.512. The first-order valence-corrected chi connectivity index (χ1v) is 13.5. The van der Waals surface area contributed by atoms with E-state index in [1.807, 2.05) is 19.1 Å². The molecule has 4 aromatic carbocycles. The van der Waals surface area contributed by atoms with Crippen molar-refractivity contribution < 1.29 is 23.5 Å². The molecule has 0 heterocycles. The highest BCUT2D eigenvalue weighted by Crippen LogP contribution is 2.23. The standard InChI is InChI=1S/C32H27FN2O4S/c1-2-39-30-11-7-6-10-24(30)20-28(35-31(37)23-8-4-3-5-9-23)32(38)34-26-16-18-27(19-17-26)40-21-29(36)22-12-14-25(33)15-13-22/h3-20H,2,21H2,1H3,(H,34,38)(H,35,37)/b28-20-. The van der Waals surface area contributed by atoms with Crippen molar-refractivity contribution in [2.45, 2.75) is 11.8 Å². The summed E-state index contributed by atoms with van der Waals surface area (Å²) in [6, 6.07) is 28.3. The molecule has 0 aliphatic carbocycles. The van der Waals surface area contributed by atoms with Gasteiger partial charge in [-0.2, -0.15) is 0 Å². The van der Waals surface area contributed by atoms with Gasteiger partial charge < -0.3 is 15.4 Å². The summed E-state index contributed by atoms with van der Waals surface area (Å²) in [7, 11) is 0. The Morgan fingerprint density at radius 2 is 1.50 bits per heavy atom. The maximum Gasteiger partial charge on any atom is 0.272 e. The number of ether oxygens (including phenoxy) is 1. The lowest BCUT2D eigenvalue weighted by molar-refractivity contribution is -0.113. The van der Waals surface area contributed by atoms with Crippen molar-refractivity contribution in [2.24, 2.45) is 0 Å². The van der Waals surface area contributed by atoms with Crippen LogP contribution in [0.3, 0.4) is 0 Å². The molecule has 202 valence electrons. The predicted octanol–water partition coefficient (Wildman–Crippen LogP) is 6.61. The van der Waals surface area contributed by atoms with Crippen molar-refractivity contribution >= 4 is 41.1 Å². The van der Waals surface area contributed by atoms with E-state index in [1.54, 1.807) is 72.8 Å². The van der Waals surface area contributed by atoms with Crippen molar-refractivity contribution in [3.05, 3.63) is 131 Å². The summed E-state index contributed by atoms with van der Waals surface area (Å²) >= 11 is 1.34. The van der Waals surface area contributed by atoms with Crippen LogP contribution in [0, 0.1) is 5.82 Å². The van der Waals surface area contributed by atoms with Crippen LogP contribution >= 0.6 is 11.8 Å². The number of anilines is 1. The third-order valence-electron chi connectivity index (χ3n) is 5.70. The van der Waals surface area contributed by atoms with Crippen molar-refractivity contribution in [3.63, 3.8) is 0 Å². The quantitative estimate of drug-likeness (QED) is 0.124. The lowest BCUT2D eigenvalue weighted by Gasteiger charge is -2.13. The van der Waals surface area contributed by atoms with E-state index in [9.17, 15) is 18.8 Å². The summed E-state index contributed by atoms with van der Waals surface area (Å²) in [6.07, 6.45) is 1.58. The Balaban J connectivity index is 1.47. The number of hydrogen-bond donors (Lipinski definition) is 2. The zero-order chi connectivity index (χ0) is 28.3. The third kappa shape index (κ3) is 7.91. The summed E-state index contributed by atoms with van der Waals surface area (Å²) in [6.45, 7) is 2.31. The summed E-state index contributed by atoms with van der Waals surface area (Å²) in [5.74, 6) is -0.664. The number of benzene rings is 4. The van der Waals surface area contributed by atoms with Gasteiger partial charge in [-0.05, 0) is 79.7 Å². The molecule has 0 aliphatic heterocycles. The molecule has 0 fully saturated rings. The average Bonchev–Trinajstić information content (AvgIpc) is 2.98. The van der Waals surface area contributed by atoms with E-state index in [0.29, 0.717) is 34.7 Å². The molecule has 0 saturated carbocycles. The van der Waals surface area contributed by atoms with Gasteiger partial charge in [0.25, 0.3) is 11.8 Å². The number of ketones is 1. The zero-order valence-corrected chi connectivity index (χ0v) is 22.5. The lowest BCUT2D eigenvalue weighted by atomic mass is 10.1. The molecular weight excluding hydrogens is 527 g/mol. The molecule has 40 heavy (non-hydrogen) atoms. The highest BCUT2D eigenvalue weighted by atomic mass is 32.2. The summed E-state index contributed by atoms with van der Waals surface area (Å²) in [5, 5.41) is 5.54. The maximum absolute atomic E-state index is 13.3. The van der Waals surface area contributed by atoms with E-state index in [4.69, 9.17) is 4.74 Å². The predicted molar refractivity (Wildman–Crippen MR) is 156 cm³/mol. The van der Waals surface area contributed by atoms with Gasteiger partial charge in [0.05, 0.1) is 12.4 Å². The summed E-state index contributed by atoms with van der Waals surface area (Å²) < 4.78 is 18.8. The van der Waals surface area contributed by atoms with Crippen molar-refractivity contribution in [1.29, 1.82) is 0 Å². The average molecular weight is 555 g/mol. The molecule has 0 radical (unpaired) electrons. The number of halogens is 1. The molecule has 8 heteroatoms. The number of carbonyl (C=O) groups excluding carboxylic acids is 3. The summed E-state index contributed by atoms with van der Waals surface area (Å²) in [5.41, 5.74) is 2.05. The van der Waals surface area contributed by atoms with E-state index in [2.05, 4.69) is 10.6 Å². The molecule has 0 atom stereocenters. The van der Waals surface area contributed by atoms with Crippen LogP contribution in [0.1, 0.15) is 33.2 Å². The monoisotopic (exact) mass is 554 g/mol. The van der Waals surface area contributed by atoms with E-state index < -0.39 is 17.6 Å². The largest absolute Gasteiger partial charge is 0.493 e. The number of nitrogens with one attached hydrogen (secondary N) is 2. The van der Waals surface area contributed by atoms with Crippen molar-refractivity contribution in [1.82, 2.24) is 5.32 Å². The van der Waals surface area contributed by atoms with Crippen LogP contribution < -0.4 is 15.4 Å². The number of carbonyl (C=O) groups is 3. The molecule has 0 aromatic heterocycles. The Kier molecular flexibility index (Phi) is 9.85. The Bertz CT molecular complexity index is 1500. The van der Waals surface area contributed by atoms with Gasteiger partial charge in [-0.3, -0.25) is 14.4 Å². The van der Waals surface area contributed by atoms with Crippen LogP contribution in [0.25, 0.3) is 6.08 Å². The van der Waals surface area contributed by atoms with Gasteiger partial charge in [0.2, 0.25) is 0 Å². The van der Waals surface area contributed by atoms with Gasteiger partial charge in [0.1, 0.15) is 17.3 Å². The van der Waals surface area contributed by atoms with Crippen molar-refractivity contribution in [2.75, 3.05) is 17.7 Å². The normalized spacial score (nSPS) is 11.0. The fraction of sp³-hybridized carbons (Fsp3) is 0.0938. The molecule has 0 spiro atoms. The first kappa shape index (κ1) is 28.3. The number of amides is 2. The van der Waals surface area contributed by atoms with Gasteiger partial charge in [-0.25, -0.2) is 4.39 Å². The van der Waals surface area contributed by atoms with E-state index in [0.717, 1.165) is 4.90 Å². The number of rotatable bonds is 11. The molecule has 0 aliphatic rings. The van der Waals surface area contributed by atoms with Gasteiger partial charge in [-0.15, -0.1) is 11.8 Å². The first-order valence-electron chi connectivity index (χ1n) is 12.6. The van der Waals surface area contributed by atoms with Crippen LogP contribution in [0.4, 0.5) is 10.1 Å². The highest BCUT2D eigenvalue weighted by molar-refractivity contribution is 8.00. The van der Waals surface area contributed by atoms with Crippen LogP contribution in [-0.2, 0) is 4.79 Å². The first-order chi connectivity index (χ1) is 19.4. The number of hydrogen-bond acceptors (Lipinski definition) is 5. The Morgan fingerprint density at radius 3 is 2.20 bits per heavy atom. The second kappa shape index (κ2) is 13.9. The smallest absolute Gasteiger partial charge is 0.272 e. The molecule has 2 N–H and O–H groups in total. The molecule has 0 saturated heterocycles. The zero-order valence-electron chi connectivity index (χ0n) is 21.7. The van der Waals surface area contributed by atoms with Crippen molar-refractivity contribution in [3.8, 4) is 5.75 Å². The molecule has 6 nitrogen and oxygen atoms in total. The van der Waals surface area contributed by atoms with E-state index in [-0.39, 0.29) is 17.2 Å². The lowest BCUT2D eigenvalue weighted by Crippen LogP contribution is -2.30. The molecular formula is C32H27FN2O4S. The van der Waals surface area contributed by atoms with Crippen LogP contribution in [0.5, 0.6) is 5.75 Å². The molecule has 0 unspecified atom stereocenters. The second-order valence-corrected chi connectivity index (χ2v) is 9.60. The molecule has 4 aromatic rings. The van der Waals surface area contributed by atoms with Crippen LogP contribution in [0.15, 0.2) is 114 Å². The maximum atomic E-state index is 13.3. The topological polar surface area (TPSA) is 84.5 Å². The highest BCUT2D eigenvalue weighted by Gasteiger charge is 2.16. The third-order valence-corrected chi connectivity index (χ3v) is 6.71. The Morgan fingerprint density at radius 1 is 0.825 bits per heavy atom. The number of para-hydroxylation sites is 1.